The van der Waals surface area contributed by atoms with Gasteiger partial charge >= 0.3 is 0 Å². The molecule has 0 aromatic rings. The van der Waals surface area contributed by atoms with Crippen LogP contribution in [0.15, 0.2) is 23.3 Å². The van der Waals surface area contributed by atoms with Gasteiger partial charge in [0.15, 0.2) is 0 Å². The molecule has 0 radical (unpaired) electrons. The zero-order valence-electron chi connectivity index (χ0n) is 22.6. The Morgan fingerprint density at radius 2 is 1.79 bits per heavy atom. The third-order valence-electron chi connectivity index (χ3n) is 12.0. The van der Waals surface area contributed by atoms with E-state index in [1.165, 1.54) is 12.0 Å². The van der Waals surface area contributed by atoms with Crippen molar-refractivity contribution >= 4 is 0 Å². The van der Waals surface area contributed by atoms with Crippen LogP contribution in [0.5, 0.6) is 0 Å². The van der Waals surface area contributed by atoms with Crippen LogP contribution in [-0.2, 0) is 0 Å². The first-order valence-electron chi connectivity index (χ1n) is 13.8. The lowest BCUT2D eigenvalue weighted by atomic mass is 9.39. The molecular formula is C30H50O4. The van der Waals surface area contributed by atoms with Crippen molar-refractivity contribution in [2.75, 3.05) is 6.61 Å². The van der Waals surface area contributed by atoms with Crippen LogP contribution in [0.1, 0.15) is 93.4 Å². The lowest BCUT2D eigenvalue weighted by Gasteiger charge is -2.66. The van der Waals surface area contributed by atoms with Crippen LogP contribution in [0.25, 0.3) is 0 Å². The second-order valence-corrected chi connectivity index (χ2v) is 13.8. The predicted molar refractivity (Wildman–Crippen MR) is 137 cm³/mol. The van der Waals surface area contributed by atoms with Gasteiger partial charge in [-0.05, 0) is 79.4 Å². The fraction of sp³-hybridized carbons (Fsp3) is 0.867. The van der Waals surface area contributed by atoms with Crippen LogP contribution >= 0.6 is 0 Å². The van der Waals surface area contributed by atoms with E-state index in [0.717, 1.165) is 37.7 Å². The van der Waals surface area contributed by atoms with Crippen molar-refractivity contribution < 1.29 is 20.4 Å². The van der Waals surface area contributed by atoms with Gasteiger partial charge in [-0.2, -0.15) is 0 Å². The van der Waals surface area contributed by atoms with Gasteiger partial charge in [-0.15, -0.1) is 0 Å². The van der Waals surface area contributed by atoms with E-state index in [1.54, 1.807) is 0 Å². The zero-order valence-corrected chi connectivity index (χ0v) is 22.6. The molecule has 0 bridgehead atoms. The number of aliphatic hydroxyl groups excluding tert-OH is 4. The number of rotatable bonds is 5. The summed E-state index contributed by atoms with van der Waals surface area (Å²) >= 11 is 0. The first kappa shape index (κ1) is 26.4. The molecule has 194 valence electrons. The Bertz CT molecular complexity index is 845. The minimum Gasteiger partial charge on any atom is -0.392 e. The van der Waals surface area contributed by atoms with Gasteiger partial charge in [-0.3, -0.25) is 0 Å². The Morgan fingerprint density at radius 3 is 2.44 bits per heavy atom. The van der Waals surface area contributed by atoms with Crippen molar-refractivity contribution in [3.63, 3.8) is 0 Å². The third-order valence-corrected chi connectivity index (χ3v) is 12.0. The van der Waals surface area contributed by atoms with Crippen LogP contribution in [-0.4, -0.2) is 45.3 Å². The van der Waals surface area contributed by atoms with Crippen LogP contribution in [0.2, 0.25) is 0 Å². The van der Waals surface area contributed by atoms with Gasteiger partial charge in [0.25, 0.3) is 0 Å². The fourth-order valence-electron chi connectivity index (χ4n) is 9.55. The summed E-state index contributed by atoms with van der Waals surface area (Å²) in [6, 6.07) is 0. The molecule has 2 unspecified atom stereocenters. The van der Waals surface area contributed by atoms with Crippen molar-refractivity contribution in [2.45, 2.75) is 112 Å². The molecule has 10 atom stereocenters. The van der Waals surface area contributed by atoms with Gasteiger partial charge in [0.05, 0.1) is 24.9 Å². The first-order valence-corrected chi connectivity index (χ1v) is 13.8. The molecule has 3 fully saturated rings. The quantitative estimate of drug-likeness (QED) is 0.410. The van der Waals surface area contributed by atoms with E-state index in [0.29, 0.717) is 18.3 Å². The lowest BCUT2D eigenvalue weighted by Crippen LogP contribution is -2.66. The molecule has 0 amide bonds. The second kappa shape index (κ2) is 8.71. The minimum atomic E-state index is -0.602. The van der Waals surface area contributed by atoms with E-state index in [-0.39, 0.29) is 34.7 Å². The molecule has 4 nitrogen and oxygen atoms in total. The van der Waals surface area contributed by atoms with E-state index in [9.17, 15) is 20.4 Å². The maximum Gasteiger partial charge on any atom is 0.0639 e. The van der Waals surface area contributed by atoms with E-state index in [4.69, 9.17) is 0 Å². The molecule has 0 heterocycles. The van der Waals surface area contributed by atoms with Crippen LogP contribution in [0, 0.1) is 45.3 Å². The van der Waals surface area contributed by atoms with Gasteiger partial charge in [0.1, 0.15) is 0 Å². The summed E-state index contributed by atoms with van der Waals surface area (Å²) < 4.78 is 0. The average molecular weight is 475 g/mol. The summed E-state index contributed by atoms with van der Waals surface area (Å²) in [5.74, 6) is 1.21. The summed E-state index contributed by atoms with van der Waals surface area (Å²) in [5, 5.41) is 43.3. The normalized spacial score (nSPS) is 49.0. The van der Waals surface area contributed by atoms with E-state index in [2.05, 4.69) is 53.7 Å². The van der Waals surface area contributed by atoms with Crippen molar-refractivity contribution in [3.8, 4) is 0 Å². The molecule has 0 spiro atoms. The number of hydrogen-bond donors (Lipinski definition) is 4. The predicted octanol–water partition coefficient (Wildman–Crippen LogP) is 5.25. The standard InChI is InChI=1S/C30H50O4/c1-18(17-31)9-8-10-19(2)20-13-14-28(5)21-11-12-23-27(3,4)24(33)15-25(34)30(23,7)26(21)22(32)16-29(20,28)6/h9,11,19-20,22-26,31-34H,8,10,12-17H2,1-7H3/b18-9+/t19-,20-,22-,23?,24+,25-,26?,28-,29+,30-/m1/s1. The molecule has 4 aliphatic carbocycles. The summed E-state index contributed by atoms with van der Waals surface area (Å²) in [7, 11) is 0. The molecule has 4 rings (SSSR count). The van der Waals surface area contributed by atoms with E-state index >= 15 is 0 Å². The highest BCUT2D eigenvalue weighted by atomic mass is 16.3. The fourth-order valence-corrected chi connectivity index (χ4v) is 9.55. The van der Waals surface area contributed by atoms with Gasteiger partial charge in [-0.25, -0.2) is 0 Å². The van der Waals surface area contributed by atoms with E-state index in [1.807, 2.05) is 6.92 Å². The summed E-state index contributed by atoms with van der Waals surface area (Å²) in [5.41, 5.74) is 1.78. The highest BCUT2D eigenvalue weighted by Crippen LogP contribution is 2.73. The smallest absolute Gasteiger partial charge is 0.0639 e. The Hall–Kier alpha value is -0.680. The molecule has 4 aliphatic rings. The maximum atomic E-state index is 11.8. The monoisotopic (exact) mass is 474 g/mol. The Labute approximate surface area is 207 Å². The van der Waals surface area contributed by atoms with Crippen LogP contribution in [0.4, 0.5) is 0 Å². The lowest BCUT2D eigenvalue weighted by molar-refractivity contribution is -0.208. The third kappa shape index (κ3) is 3.53. The number of fused-ring (bicyclic) bond motifs is 5. The molecular weight excluding hydrogens is 424 g/mol. The van der Waals surface area contributed by atoms with Gasteiger partial charge in [0.2, 0.25) is 0 Å². The summed E-state index contributed by atoms with van der Waals surface area (Å²) in [6.07, 6.45) is 9.47. The maximum absolute atomic E-state index is 11.8. The summed E-state index contributed by atoms with van der Waals surface area (Å²) in [4.78, 5) is 0. The van der Waals surface area contributed by atoms with Crippen LogP contribution in [0.3, 0.4) is 0 Å². The summed E-state index contributed by atoms with van der Waals surface area (Å²) in [6.45, 7) is 15.9. The number of allylic oxidation sites excluding steroid dienone is 2. The number of hydrogen-bond acceptors (Lipinski definition) is 4. The minimum absolute atomic E-state index is 0.0284. The molecule has 0 aromatic heterocycles. The zero-order chi connectivity index (χ0) is 25.3. The highest BCUT2D eigenvalue weighted by Gasteiger charge is 2.69. The first-order chi connectivity index (χ1) is 15.7. The van der Waals surface area contributed by atoms with Crippen molar-refractivity contribution in [3.05, 3.63) is 23.3 Å². The average Bonchev–Trinajstić information content (AvgIpc) is 3.03. The topological polar surface area (TPSA) is 80.9 Å². The molecule has 0 saturated heterocycles. The van der Waals surface area contributed by atoms with Gasteiger partial charge in [0, 0.05) is 17.8 Å². The Morgan fingerprint density at radius 1 is 1.12 bits per heavy atom. The largest absolute Gasteiger partial charge is 0.392 e. The molecule has 4 heteroatoms. The SMILES string of the molecule is C/C(=C\CC[C@@H](C)[C@H]1CC[C@]2(C)C3=CCC4C(C)(C)[C@@H](O)C[C@@H](O)[C@]4(C)C3[C@H](O)C[C@@]12C)CO. The van der Waals surface area contributed by atoms with Crippen LogP contribution < -0.4 is 0 Å². The molecule has 0 aromatic carbocycles. The number of aliphatic hydroxyl groups is 4. The molecule has 4 N–H and O–H groups in total. The second-order valence-electron chi connectivity index (χ2n) is 13.8. The molecule has 34 heavy (non-hydrogen) atoms. The Kier molecular flexibility index (Phi) is 6.76. The highest BCUT2D eigenvalue weighted by molar-refractivity contribution is 5.35. The van der Waals surface area contributed by atoms with E-state index < -0.39 is 23.7 Å². The van der Waals surface area contributed by atoms with Crippen molar-refractivity contribution in [1.82, 2.24) is 0 Å². The van der Waals surface area contributed by atoms with Crippen molar-refractivity contribution in [1.29, 1.82) is 0 Å². The van der Waals surface area contributed by atoms with Gasteiger partial charge < -0.3 is 20.4 Å². The molecule has 0 aliphatic heterocycles. The van der Waals surface area contributed by atoms with Crippen molar-refractivity contribution in [2.24, 2.45) is 45.3 Å². The van der Waals surface area contributed by atoms with Gasteiger partial charge in [-0.1, -0.05) is 64.8 Å². The molecule has 3 saturated carbocycles. The Balaban J connectivity index is 1.67.